The molecule has 1 saturated heterocycles. The van der Waals surface area contributed by atoms with Crippen molar-refractivity contribution >= 4 is 21.6 Å². The van der Waals surface area contributed by atoms with Crippen LogP contribution >= 0.6 is 11.6 Å². The fourth-order valence-corrected chi connectivity index (χ4v) is 3.71. The van der Waals surface area contributed by atoms with Gasteiger partial charge in [0.25, 0.3) is 0 Å². The maximum atomic E-state index is 12.3. The molecule has 0 aromatic heterocycles. The molecule has 0 radical (unpaired) electrons. The Morgan fingerprint density at radius 2 is 2.33 bits per heavy atom. The molecule has 0 bridgehead atoms. The van der Waals surface area contributed by atoms with Gasteiger partial charge in [-0.1, -0.05) is 11.6 Å². The Kier molecular flexibility index (Phi) is 4.86. The van der Waals surface area contributed by atoms with Gasteiger partial charge >= 0.3 is 0 Å². The monoisotopic (exact) mass is 330 g/mol. The summed E-state index contributed by atoms with van der Waals surface area (Å²) in [6, 6.07) is 5.94. The standard InChI is InChI=1S/C13H15ClN2O4S/c1-19-13(4-5-20-9-13)8-16-21(17,18)12-3-2-10(7-15)6-11(12)14/h2-3,6,16H,4-5,8-9H2,1H3. The van der Waals surface area contributed by atoms with Gasteiger partial charge in [-0.25, -0.2) is 13.1 Å². The van der Waals surface area contributed by atoms with Crippen LogP contribution in [-0.4, -0.2) is 40.9 Å². The van der Waals surface area contributed by atoms with Crippen molar-refractivity contribution in [2.45, 2.75) is 16.9 Å². The molecule has 0 aliphatic carbocycles. The number of nitriles is 1. The zero-order valence-corrected chi connectivity index (χ0v) is 13.0. The number of halogens is 1. The van der Waals surface area contributed by atoms with Crippen molar-refractivity contribution in [1.29, 1.82) is 5.26 Å². The summed E-state index contributed by atoms with van der Waals surface area (Å²) >= 11 is 5.93. The zero-order valence-electron chi connectivity index (χ0n) is 11.4. The first-order valence-electron chi connectivity index (χ1n) is 6.25. The molecule has 8 heteroatoms. The number of ether oxygens (including phenoxy) is 2. The minimum Gasteiger partial charge on any atom is -0.378 e. The number of nitrogens with one attached hydrogen (secondary N) is 1. The molecule has 0 spiro atoms. The fraction of sp³-hybridized carbons (Fsp3) is 0.462. The molecule has 1 N–H and O–H groups in total. The van der Waals surface area contributed by atoms with Crippen LogP contribution in [0.4, 0.5) is 0 Å². The van der Waals surface area contributed by atoms with Crippen LogP contribution in [0.15, 0.2) is 23.1 Å². The van der Waals surface area contributed by atoms with Crippen LogP contribution in [0.1, 0.15) is 12.0 Å². The van der Waals surface area contributed by atoms with E-state index < -0.39 is 15.6 Å². The molecule has 0 saturated carbocycles. The molecule has 2 rings (SSSR count). The van der Waals surface area contributed by atoms with Gasteiger partial charge in [0.05, 0.1) is 23.3 Å². The molecule has 1 aliphatic rings. The Balaban J connectivity index is 2.17. The fourth-order valence-electron chi connectivity index (χ4n) is 2.05. The van der Waals surface area contributed by atoms with Crippen LogP contribution in [0, 0.1) is 11.3 Å². The minimum atomic E-state index is -3.78. The van der Waals surface area contributed by atoms with E-state index in [1.807, 2.05) is 6.07 Å². The summed E-state index contributed by atoms with van der Waals surface area (Å²) in [5, 5.41) is 8.77. The summed E-state index contributed by atoms with van der Waals surface area (Å²) in [7, 11) is -2.25. The molecule has 1 fully saturated rings. The zero-order chi connectivity index (χ0) is 15.5. The first-order chi connectivity index (χ1) is 9.92. The lowest BCUT2D eigenvalue weighted by molar-refractivity contribution is -0.0120. The lowest BCUT2D eigenvalue weighted by Crippen LogP contribution is -2.44. The molecule has 6 nitrogen and oxygen atoms in total. The first-order valence-corrected chi connectivity index (χ1v) is 8.11. The molecule has 1 aliphatic heterocycles. The van der Waals surface area contributed by atoms with Crippen LogP contribution in [-0.2, 0) is 19.5 Å². The molecule has 1 unspecified atom stereocenters. The second kappa shape index (κ2) is 6.30. The van der Waals surface area contributed by atoms with Crippen molar-refractivity contribution < 1.29 is 17.9 Å². The highest BCUT2D eigenvalue weighted by Gasteiger charge is 2.36. The van der Waals surface area contributed by atoms with Gasteiger partial charge in [0, 0.05) is 26.7 Å². The average Bonchev–Trinajstić information content (AvgIpc) is 2.94. The summed E-state index contributed by atoms with van der Waals surface area (Å²) in [4.78, 5) is -0.0617. The van der Waals surface area contributed by atoms with Crippen LogP contribution < -0.4 is 4.72 Å². The van der Waals surface area contributed by atoms with E-state index in [0.29, 0.717) is 25.2 Å². The van der Waals surface area contributed by atoms with E-state index in [0.717, 1.165) is 0 Å². The lowest BCUT2D eigenvalue weighted by atomic mass is 10.0. The Hall–Kier alpha value is -1.17. The van der Waals surface area contributed by atoms with E-state index in [9.17, 15) is 8.42 Å². The molecule has 114 valence electrons. The van der Waals surface area contributed by atoms with E-state index >= 15 is 0 Å². The summed E-state index contributed by atoms with van der Waals surface area (Å²) in [5.74, 6) is 0. The predicted molar refractivity (Wildman–Crippen MR) is 76.5 cm³/mol. The van der Waals surface area contributed by atoms with Crippen LogP contribution in [0.5, 0.6) is 0 Å². The minimum absolute atomic E-state index is 0.00990. The summed E-state index contributed by atoms with van der Waals surface area (Å²) in [6.07, 6.45) is 0.618. The Bertz CT molecular complexity index is 663. The quantitative estimate of drug-likeness (QED) is 0.879. The highest BCUT2D eigenvalue weighted by Crippen LogP contribution is 2.25. The van der Waals surface area contributed by atoms with Crippen molar-refractivity contribution in [2.75, 3.05) is 26.9 Å². The van der Waals surface area contributed by atoms with Crippen molar-refractivity contribution in [3.8, 4) is 6.07 Å². The second-order valence-electron chi connectivity index (χ2n) is 4.77. The van der Waals surface area contributed by atoms with Gasteiger partial charge in [-0.3, -0.25) is 0 Å². The largest absolute Gasteiger partial charge is 0.378 e. The smallest absolute Gasteiger partial charge is 0.242 e. The maximum absolute atomic E-state index is 12.3. The van der Waals surface area contributed by atoms with Crippen LogP contribution in [0.3, 0.4) is 0 Å². The normalized spacial score (nSPS) is 22.1. The third-order valence-electron chi connectivity index (χ3n) is 3.43. The highest BCUT2D eigenvalue weighted by molar-refractivity contribution is 7.89. The third-order valence-corrected chi connectivity index (χ3v) is 5.32. The first kappa shape index (κ1) is 16.2. The van der Waals surface area contributed by atoms with E-state index in [2.05, 4.69) is 4.72 Å². The Morgan fingerprint density at radius 3 is 2.86 bits per heavy atom. The SMILES string of the molecule is COC1(CNS(=O)(=O)c2ccc(C#N)cc2Cl)CCOC1. The van der Waals surface area contributed by atoms with Crippen LogP contribution in [0.2, 0.25) is 5.02 Å². The van der Waals surface area contributed by atoms with Gasteiger partial charge in [0.2, 0.25) is 10.0 Å². The number of hydrogen-bond donors (Lipinski definition) is 1. The lowest BCUT2D eigenvalue weighted by Gasteiger charge is -2.25. The Morgan fingerprint density at radius 1 is 1.57 bits per heavy atom. The van der Waals surface area contributed by atoms with Gasteiger partial charge in [-0.15, -0.1) is 0 Å². The van der Waals surface area contributed by atoms with Gasteiger partial charge in [-0.05, 0) is 18.2 Å². The van der Waals surface area contributed by atoms with Crippen LogP contribution in [0.25, 0.3) is 0 Å². The number of rotatable bonds is 5. The Labute approximate surface area is 128 Å². The van der Waals surface area contributed by atoms with E-state index in [1.165, 1.54) is 25.3 Å². The molecule has 1 aromatic carbocycles. The molecule has 1 heterocycles. The van der Waals surface area contributed by atoms with E-state index in [1.54, 1.807) is 0 Å². The predicted octanol–water partition coefficient (Wildman–Crippen LogP) is 1.30. The summed E-state index contributed by atoms with van der Waals surface area (Å²) < 4.78 is 37.7. The molecule has 21 heavy (non-hydrogen) atoms. The number of sulfonamides is 1. The second-order valence-corrected chi connectivity index (χ2v) is 6.91. The van der Waals surface area contributed by atoms with Gasteiger partial charge in [0.15, 0.2) is 0 Å². The number of hydrogen-bond acceptors (Lipinski definition) is 5. The average molecular weight is 331 g/mol. The van der Waals surface area contributed by atoms with E-state index in [4.69, 9.17) is 26.3 Å². The van der Waals surface area contributed by atoms with Crippen molar-refractivity contribution in [1.82, 2.24) is 4.72 Å². The maximum Gasteiger partial charge on any atom is 0.242 e. The number of nitrogens with zero attached hydrogens (tertiary/aromatic N) is 1. The number of methoxy groups -OCH3 is 1. The topological polar surface area (TPSA) is 88.4 Å². The molecule has 1 aromatic rings. The number of benzene rings is 1. The summed E-state index contributed by atoms with van der Waals surface area (Å²) in [6.45, 7) is 0.975. The highest BCUT2D eigenvalue weighted by atomic mass is 35.5. The van der Waals surface area contributed by atoms with E-state index in [-0.39, 0.29) is 16.5 Å². The summed E-state index contributed by atoms with van der Waals surface area (Å²) in [5.41, 5.74) is -0.344. The molecular weight excluding hydrogens is 316 g/mol. The van der Waals surface area contributed by atoms with Gasteiger partial charge < -0.3 is 9.47 Å². The van der Waals surface area contributed by atoms with Crippen molar-refractivity contribution in [3.63, 3.8) is 0 Å². The third kappa shape index (κ3) is 3.54. The van der Waals surface area contributed by atoms with Gasteiger partial charge in [-0.2, -0.15) is 5.26 Å². The molecule has 1 atom stereocenters. The molecule has 0 amide bonds. The van der Waals surface area contributed by atoms with Crippen molar-refractivity contribution in [3.05, 3.63) is 28.8 Å². The molecular formula is C13H15ClN2O4S. The van der Waals surface area contributed by atoms with Gasteiger partial charge in [0.1, 0.15) is 10.5 Å². The van der Waals surface area contributed by atoms with Crippen molar-refractivity contribution in [2.24, 2.45) is 0 Å².